The first-order chi connectivity index (χ1) is 14.0. The molecule has 0 spiro atoms. The van der Waals surface area contributed by atoms with Crippen LogP contribution in [0.15, 0.2) is 53.6 Å². The van der Waals surface area contributed by atoms with Crippen molar-refractivity contribution in [3.8, 4) is 0 Å². The van der Waals surface area contributed by atoms with Crippen LogP contribution in [-0.2, 0) is 20.0 Å². The number of hydrogen-bond donors (Lipinski definition) is 1. The van der Waals surface area contributed by atoms with Gasteiger partial charge in [0.2, 0.25) is 20.0 Å². The van der Waals surface area contributed by atoms with Crippen molar-refractivity contribution >= 4 is 37.1 Å². The number of hydrogen-bond acceptors (Lipinski definition) is 7. The molecule has 1 heterocycles. The normalized spacial score (nSPS) is 16.9. The molecule has 0 aromatic heterocycles. The summed E-state index contributed by atoms with van der Waals surface area (Å²) in [6, 6.07) is 11.5. The van der Waals surface area contributed by atoms with E-state index in [9.17, 15) is 26.9 Å². The van der Waals surface area contributed by atoms with Gasteiger partial charge in [0.25, 0.3) is 5.69 Å². The van der Waals surface area contributed by atoms with Gasteiger partial charge in [0.1, 0.15) is 0 Å². The Labute approximate surface area is 174 Å². The van der Waals surface area contributed by atoms with Gasteiger partial charge in [0.05, 0.1) is 28.7 Å². The van der Waals surface area contributed by atoms with Crippen LogP contribution < -0.4 is 4.72 Å². The Bertz CT molecular complexity index is 1220. The summed E-state index contributed by atoms with van der Waals surface area (Å²) in [6.45, 7) is 1.51. The van der Waals surface area contributed by atoms with Gasteiger partial charge in [-0.1, -0.05) is 24.3 Å². The second-order valence-electron chi connectivity index (χ2n) is 6.74. The number of rotatable bonds is 7. The van der Waals surface area contributed by atoms with E-state index in [1.165, 1.54) is 25.1 Å². The lowest BCUT2D eigenvalue weighted by Gasteiger charge is -2.21. The molecule has 0 radical (unpaired) electrons. The van der Waals surface area contributed by atoms with E-state index < -0.39 is 31.0 Å². The third-order valence-corrected chi connectivity index (χ3v) is 6.85. The summed E-state index contributed by atoms with van der Waals surface area (Å²) < 4.78 is 51.6. The molecule has 3 rings (SSSR count). The highest BCUT2D eigenvalue weighted by Crippen LogP contribution is 2.36. The first-order valence-corrected chi connectivity index (χ1v) is 12.4. The van der Waals surface area contributed by atoms with Gasteiger partial charge in [-0.2, -0.15) is 9.52 Å². The van der Waals surface area contributed by atoms with Crippen LogP contribution in [0.25, 0.3) is 0 Å². The minimum absolute atomic E-state index is 0.0884. The fourth-order valence-electron chi connectivity index (χ4n) is 3.08. The van der Waals surface area contributed by atoms with E-state index in [1.807, 2.05) is 0 Å². The molecule has 1 atom stereocenters. The van der Waals surface area contributed by atoms with E-state index in [4.69, 9.17) is 0 Å². The minimum atomic E-state index is -3.75. The van der Waals surface area contributed by atoms with Crippen molar-refractivity contribution in [2.24, 2.45) is 5.10 Å². The standard InChI is InChI=1S/C18H20N4O6S2/c1-3-30(27,28)20-15-8-4-6-13(10-15)17-12-18(21(19-17)29(2,25)26)14-7-5-9-16(11-14)22(23)24/h4-11,18,20H,3,12H2,1-2H3/t18-/m0/s1. The molecule has 0 unspecified atom stereocenters. The van der Waals surface area contributed by atoms with Gasteiger partial charge in [-0.05, 0) is 30.2 Å². The van der Waals surface area contributed by atoms with Gasteiger partial charge >= 0.3 is 0 Å². The molecule has 0 bridgehead atoms. The maximum Gasteiger partial charge on any atom is 0.269 e. The van der Waals surface area contributed by atoms with Crippen LogP contribution in [0, 0.1) is 10.1 Å². The molecule has 0 aliphatic carbocycles. The van der Waals surface area contributed by atoms with Crippen molar-refractivity contribution in [2.75, 3.05) is 16.7 Å². The molecule has 1 aliphatic heterocycles. The van der Waals surface area contributed by atoms with Crippen molar-refractivity contribution < 1.29 is 21.8 Å². The Morgan fingerprint density at radius 1 is 1.17 bits per heavy atom. The summed E-state index contributed by atoms with van der Waals surface area (Å²) in [5.74, 6) is -0.0884. The predicted molar refractivity (Wildman–Crippen MR) is 113 cm³/mol. The number of nitro benzene ring substituents is 1. The second kappa shape index (κ2) is 8.03. The van der Waals surface area contributed by atoms with Crippen LogP contribution in [0.3, 0.4) is 0 Å². The van der Waals surface area contributed by atoms with E-state index in [0.717, 1.165) is 10.7 Å². The highest BCUT2D eigenvalue weighted by Gasteiger charge is 2.35. The molecule has 0 amide bonds. The molecule has 160 valence electrons. The molecular formula is C18H20N4O6S2. The first-order valence-electron chi connectivity index (χ1n) is 8.92. The number of non-ortho nitro benzene ring substituents is 1. The number of nitrogens with zero attached hydrogens (tertiary/aromatic N) is 3. The van der Waals surface area contributed by atoms with Crippen LogP contribution in [0.2, 0.25) is 0 Å². The SMILES string of the molecule is CCS(=O)(=O)Nc1cccc(C2=NN(S(C)(=O)=O)[C@H](c3cccc([N+](=O)[O-])c3)C2)c1. The monoisotopic (exact) mass is 452 g/mol. The van der Waals surface area contributed by atoms with Crippen LogP contribution in [0.4, 0.5) is 11.4 Å². The lowest BCUT2D eigenvalue weighted by molar-refractivity contribution is -0.384. The van der Waals surface area contributed by atoms with Crippen molar-refractivity contribution in [1.82, 2.24) is 4.41 Å². The Kier molecular flexibility index (Phi) is 5.81. The minimum Gasteiger partial charge on any atom is -0.284 e. The fraction of sp³-hybridized carbons (Fsp3) is 0.278. The summed E-state index contributed by atoms with van der Waals surface area (Å²) >= 11 is 0. The molecule has 30 heavy (non-hydrogen) atoms. The summed E-state index contributed by atoms with van der Waals surface area (Å²) in [5, 5.41) is 15.3. The highest BCUT2D eigenvalue weighted by molar-refractivity contribution is 7.92. The molecule has 2 aromatic rings. The molecule has 0 saturated carbocycles. The number of benzene rings is 2. The maximum atomic E-state index is 12.3. The van der Waals surface area contributed by atoms with E-state index in [-0.39, 0.29) is 17.9 Å². The topological polar surface area (TPSA) is 139 Å². The Morgan fingerprint density at radius 3 is 2.50 bits per heavy atom. The van der Waals surface area contributed by atoms with Crippen molar-refractivity contribution in [1.29, 1.82) is 0 Å². The smallest absolute Gasteiger partial charge is 0.269 e. The summed E-state index contributed by atoms with van der Waals surface area (Å²) in [6.07, 6.45) is 1.19. The predicted octanol–water partition coefficient (Wildman–Crippen LogP) is 2.47. The summed E-state index contributed by atoms with van der Waals surface area (Å²) in [7, 11) is -7.23. The first kappa shape index (κ1) is 21.7. The Hall–Kier alpha value is -2.99. The molecule has 10 nitrogen and oxygen atoms in total. The number of sulfonamides is 2. The molecule has 1 N–H and O–H groups in total. The van der Waals surface area contributed by atoms with Crippen LogP contribution >= 0.6 is 0 Å². The van der Waals surface area contributed by atoms with E-state index in [0.29, 0.717) is 22.5 Å². The van der Waals surface area contributed by atoms with Crippen LogP contribution in [0.5, 0.6) is 0 Å². The third kappa shape index (κ3) is 4.76. The molecule has 1 aliphatic rings. The number of nitro groups is 1. The fourth-order valence-corrected chi connectivity index (χ4v) is 4.61. The largest absolute Gasteiger partial charge is 0.284 e. The summed E-state index contributed by atoms with van der Waals surface area (Å²) in [4.78, 5) is 10.6. The molecule has 12 heteroatoms. The molecule has 0 saturated heterocycles. The quantitative estimate of drug-likeness (QED) is 0.506. The Morgan fingerprint density at radius 2 is 1.87 bits per heavy atom. The summed E-state index contributed by atoms with van der Waals surface area (Å²) in [5.41, 5.74) is 1.60. The lowest BCUT2D eigenvalue weighted by atomic mass is 9.98. The molecule has 2 aromatic carbocycles. The Balaban J connectivity index is 1.98. The van der Waals surface area contributed by atoms with Gasteiger partial charge in [-0.3, -0.25) is 14.8 Å². The van der Waals surface area contributed by atoms with Gasteiger partial charge < -0.3 is 0 Å². The van der Waals surface area contributed by atoms with Gasteiger partial charge in [-0.15, -0.1) is 0 Å². The molecular weight excluding hydrogens is 432 g/mol. The van der Waals surface area contributed by atoms with Gasteiger partial charge in [0, 0.05) is 24.2 Å². The zero-order chi connectivity index (χ0) is 22.1. The van der Waals surface area contributed by atoms with E-state index in [2.05, 4.69) is 9.82 Å². The van der Waals surface area contributed by atoms with Crippen molar-refractivity contribution in [3.05, 3.63) is 69.8 Å². The van der Waals surface area contributed by atoms with Crippen molar-refractivity contribution in [3.63, 3.8) is 0 Å². The van der Waals surface area contributed by atoms with Crippen LogP contribution in [-0.4, -0.2) is 43.9 Å². The van der Waals surface area contributed by atoms with Crippen molar-refractivity contribution in [2.45, 2.75) is 19.4 Å². The number of nitrogens with one attached hydrogen (secondary N) is 1. The third-order valence-electron chi connectivity index (χ3n) is 4.53. The second-order valence-corrected chi connectivity index (χ2v) is 10.6. The number of anilines is 1. The zero-order valence-corrected chi connectivity index (χ0v) is 17.9. The van der Waals surface area contributed by atoms with E-state index >= 15 is 0 Å². The zero-order valence-electron chi connectivity index (χ0n) is 16.2. The maximum absolute atomic E-state index is 12.3. The molecule has 0 fully saturated rings. The number of hydrazone groups is 1. The lowest BCUT2D eigenvalue weighted by Crippen LogP contribution is -2.25. The average Bonchev–Trinajstić information content (AvgIpc) is 3.14. The van der Waals surface area contributed by atoms with E-state index in [1.54, 1.807) is 30.3 Å². The van der Waals surface area contributed by atoms with Gasteiger partial charge in [-0.25, -0.2) is 16.8 Å². The average molecular weight is 453 g/mol. The van der Waals surface area contributed by atoms with Crippen LogP contribution in [0.1, 0.15) is 30.5 Å². The van der Waals surface area contributed by atoms with Gasteiger partial charge in [0.15, 0.2) is 0 Å². The highest BCUT2D eigenvalue weighted by atomic mass is 32.2.